The molecule has 0 spiro atoms. The Labute approximate surface area is 187 Å². The van der Waals surface area contributed by atoms with Gasteiger partial charge in [0.25, 0.3) is 5.91 Å². The third-order valence-corrected chi connectivity index (χ3v) is 3.70. The molecule has 0 aromatic heterocycles. The maximum absolute atomic E-state index is 11.2. The number of hydrazine groups is 1. The molecular formula is C23H26N4O5. The summed E-state index contributed by atoms with van der Waals surface area (Å²) >= 11 is 0. The van der Waals surface area contributed by atoms with Crippen LogP contribution in [0.3, 0.4) is 0 Å². The Morgan fingerprint density at radius 2 is 1.31 bits per heavy atom. The molecule has 32 heavy (non-hydrogen) atoms. The van der Waals surface area contributed by atoms with Crippen molar-refractivity contribution in [3.05, 3.63) is 70.4 Å². The summed E-state index contributed by atoms with van der Waals surface area (Å²) in [5, 5.41) is 0. The average molecular weight is 438 g/mol. The van der Waals surface area contributed by atoms with Gasteiger partial charge in [-0.3, -0.25) is 10.2 Å². The van der Waals surface area contributed by atoms with Gasteiger partial charge in [-0.2, -0.15) is 0 Å². The predicted octanol–water partition coefficient (Wildman–Crippen LogP) is 4.44. The number of benzene rings is 2. The van der Waals surface area contributed by atoms with Crippen LogP contribution in [0.25, 0.3) is 9.69 Å². The molecule has 0 saturated carbocycles. The lowest BCUT2D eigenvalue weighted by molar-refractivity contribution is 0.0600. The fourth-order valence-corrected chi connectivity index (χ4v) is 2.39. The molecule has 2 rings (SSSR count). The van der Waals surface area contributed by atoms with Crippen molar-refractivity contribution < 1.29 is 23.8 Å². The molecule has 0 bridgehead atoms. The summed E-state index contributed by atoms with van der Waals surface area (Å²) in [7, 11) is 1.30. The average Bonchev–Trinajstić information content (AvgIpc) is 2.78. The van der Waals surface area contributed by atoms with E-state index in [1.165, 1.54) is 19.2 Å². The molecule has 2 aromatic carbocycles. The summed E-state index contributed by atoms with van der Waals surface area (Å²) in [6.45, 7) is 21.5. The van der Waals surface area contributed by atoms with Crippen LogP contribution in [0.2, 0.25) is 0 Å². The van der Waals surface area contributed by atoms with Crippen LogP contribution in [-0.4, -0.2) is 31.2 Å². The van der Waals surface area contributed by atoms with E-state index < -0.39 is 11.9 Å². The lowest BCUT2D eigenvalue weighted by Gasteiger charge is -2.11. The number of hydrogen-bond acceptors (Lipinski definition) is 6. The van der Waals surface area contributed by atoms with Gasteiger partial charge in [0.15, 0.2) is 0 Å². The van der Waals surface area contributed by atoms with E-state index in [9.17, 15) is 9.59 Å². The SMILES string of the molecule is [C-]#[N+]c1cc(C(=O)NN)ccc1OC(C)C.[C-]#[N+]c1cc(C(=O)OC)ccc1OC(C)C. The van der Waals surface area contributed by atoms with Crippen molar-refractivity contribution >= 4 is 23.3 Å². The van der Waals surface area contributed by atoms with Gasteiger partial charge in [0.1, 0.15) is 11.5 Å². The van der Waals surface area contributed by atoms with Crippen LogP contribution in [0.1, 0.15) is 48.4 Å². The summed E-state index contributed by atoms with van der Waals surface area (Å²) in [5.74, 6) is 5.07. The van der Waals surface area contributed by atoms with Crippen LogP contribution in [0, 0.1) is 13.1 Å². The molecule has 0 fully saturated rings. The highest BCUT2D eigenvalue weighted by atomic mass is 16.5. The van der Waals surface area contributed by atoms with E-state index in [2.05, 4.69) is 14.4 Å². The number of carbonyl (C=O) groups excluding carboxylic acids is 2. The number of nitrogen functional groups attached to an aromatic ring is 1. The zero-order valence-corrected chi connectivity index (χ0v) is 18.6. The van der Waals surface area contributed by atoms with Gasteiger partial charge in [0.05, 0.1) is 32.5 Å². The van der Waals surface area contributed by atoms with Gasteiger partial charge in [0, 0.05) is 11.1 Å². The number of amides is 1. The fourth-order valence-electron chi connectivity index (χ4n) is 2.39. The normalized spacial score (nSPS) is 9.69. The molecule has 0 radical (unpaired) electrons. The van der Waals surface area contributed by atoms with Crippen molar-refractivity contribution in [2.24, 2.45) is 5.84 Å². The Balaban J connectivity index is 0.000000320. The molecule has 9 nitrogen and oxygen atoms in total. The fraction of sp³-hybridized carbons (Fsp3) is 0.304. The van der Waals surface area contributed by atoms with Gasteiger partial charge >= 0.3 is 5.97 Å². The molecule has 0 aliphatic heterocycles. The van der Waals surface area contributed by atoms with E-state index in [4.69, 9.17) is 28.5 Å². The first-order valence-electron chi connectivity index (χ1n) is 9.62. The molecule has 0 aliphatic rings. The second-order valence-electron chi connectivity index (χ2n) is 6.89. The van der Waals surface area contributed by atoms with Crippen LogP contribution in [0.15, 0.2) is 36.4 Å². The number of nitrogens with two attached hydrogens (primary N) is 1. The molecule has 0 aliphatic carbocycles. The molecule has 2 aromatic rings. The van der Waals surface area contributed by atoms with Crippen molar-refractivity contribution in [2.75, 3.05) is 7.11 Å². The first-order chi connectivity index (χ1) is 15.2. The van der Waals surface area contributed by atoms with Gasteiger partial charge < -0.3 is 14.2 Å². The third-order valence-electron chi connectivity index (χ3n) is 3.70. The van der Waals surface area contributed by atoms with Crippen molar-refractivity contribution in [2.45, 2.75) is 39.9 Å². The zero-order valence-electron chi connectivity index (χ0n) is 18.6. The first kappa shape index (κ1) is 26.0. The summed E-state index contributed by atoms with van der Waals surface area (Å²) in [6.07, 6.45) is -0.0286. The minimum absolute atomic E-state index is 0.00974. The predicted molar refractivity (Wildman–Crippen MR) is 120 cm³/mol. The van der Waals surface area contributed by atoms with Gasteiger partial charge in [-0.25, -0.2) is 20.3 Å². The maximum Gasteiger partial charge on any atom is 0.336 e. The Morgan fingerprint density at radius 3 is 1.69 bits per heavy atom. The molecule has 1 amide bonds. The molecule has 9 heteroatoms. The second kappa shape index (κ2) is 12.6. The summed E-state index contributed by atoms with van der Waals surface area (Å²) in [6, 6.07) is 9.27. The molecular weight excluding hydrogens is 412 g/mol. The molecule has 3 N–H and O–H groups in total. The zero-order chi connectivity index (χ0) is 24.3. The first-order valence-corrected chi connectivity index (χ1v) is 9.62. The highest BCUT2D eigenvalue weighted by Gasteiger charge is 2.12. The molecule has 168 valence electrons. The number of nitrogens with one attached hydrogen (secondary N) is 1. The van der Waals surface area contributed by atoms with E-state index in [0.717, 1.165) is 0 Å². The van der Waals surface area contributed by atoms with Crippen molar-refractivity contribution in [3.8, 4) is 11.5 Å². The minimum Gasteiger partial charge on any atom is -0.502 e. The number of methoxy groups -OCH3 is 1. The van der Waals surface area contributed by atoms with E-state index in [0.29, 0.717) is 34.0 Å². The second-order valence-corrected chi connectivity index (χ2v) is 6.89. The lowest BCUT2D eigenvalue weighted by Crippen LogP contribution is -2.29. The van der Waals surface area contributed by atoms with Gasteiger partial charge in [-0.05, 0) is 64.1 Å². The number of hydrogen-bond donors (Lipinski definition) is 2. The van der Waals surface area contributed by atoms with Crippen LogP contribution < -0.4 is 20.7 Å². The van der Waals surface area contributed by atoms with Crippen LogP contribution in [0.4, 0.5) is 11.4 Å². The van der Waals surface area contributed by atoms with Crippen LogP contribution >= 0.6 is 0 Å². The van der Waals surface area contributed by atoms with E-state index >= 15 is 0 Å². The van der Waals surface area contributed by atoms with Gasteiger partial charge in [0.2, 0.25) is 11.4 Å². The topological polar surface area (TPSA) is 109 Å². The number of nitrogens with zero attached hydrogens (tertiary/aromatic N) is 2. The maximum atomic E-state index is 11.2. The largest absolute Gasteiger partial charge is 0.502 e. The minimum atomic E-state index is -0.457. The van der Waals surface area contributed by atoms with E-state index in [1.807, 2.05) is 33.1 Å². The van der Waals surface area contributed by atoms with Gasteiger partial charge in [-0.1, -0.05) is 0 Å². The summed E-state index contributed by atoms with van der Waals surface area (Å²) in [5.41, 5.74) is 3.32. The Morgan fingerprint density at radius 1 is 0.875 bits per heavy atom. The number of esters is 1. The highest BCUT2D eigenvalue weighted by molar-refractivity contribution is 5.95. The number of rotatable bonds is 6. The smallest absolute Gasteiger partial charge is 0.336 e. The van der Waals surface area contributed by atoms with Crippen molar-refractivity contribution in [1.82, 2.24) is 5.43 Å². The lowest BCUT2D eigenvalue weighted by atomic mass is 10.2. The van der Waals surface area contributed by atoms with Crippen molar-refractivity contribution in [3.63, 3.8) is 0 Å². The van der Waals surface area contributed by atoms with E-state index in [-0.39, 0.29) is 12.2 Å². The van der Waals surface area contributed by atoms with Crippen LogP contribution in [0.5, 0.6) is 11.5 Å². The molecule has 0 heterocycles. The number of ether oxygens (including phenoxy) is 3. The third kappa shape index (κ3) is 7.63. The summed E-state index contributed by atoms with van der Waals surface area (Å²) < 4.78 is 15.4. The summed E-state index contributed by atoms with van der Waals surface area (Å²) in [4.78, 5) is 29.1. The standard InChI is InChI=1S/C12H13NO3.C11H13N3O2/c1-8(2)16-11-6-5-9(12(14)15-4)7-10(11)13-3;1-7(2)16-10-5-4-8(11(15)14-12)6-9(10)13-3/h5-8H,1-2,4H3;4-7H,12H2,1-2H3,(H,14,15). The Hall–Kier alpha value is -4.08. The van der Waals surface area contributed by atoms with Gasteiger partial charge in [-0.15, -0.1) is 0 Å². The van der Waals surface area contributed by atoms with E-state index in [1.54, 1.807) is 24.3 Å². The molecule has 0 unspecified atom stereocenters. The Bertz CT molecular complexity index is 952. The highest BCUT2D eigenvalue weighted by Crippen LogP contribution is 2.30. The number of carbonyl (C=O) groups is 2. The Kier molecular flexibility index (Phi) is 10.2. The molecule has 0 atom stereocenters. The quantitative estimate of drug-likeness (QED) is 0.227. The monoisotopic (exact) mass is 438 g/mol. The van der Waals surface area contributed by atoms with Crippen molar-refractivity contribution in [1.29, 1.82) is 0 Å². The molecule has 0 saturated heterocycles. The van der Waals surface area contributed by atoms with Crippen LogP contribution in [-0.2, 0) is 4.74 Å².